The average Bonchev–Trinajstić information content (AvgIpc) is 3.33. The number of fused-ring (bicyclic) bond motifs is 1. The Hall–Kier alpha value is -3.98. The molecule has 4 aromatic rings. The van der Waals surface area contributed by atoms with E-state index in [0.717, 1.165) is 67.1 Å². The third kappa shape index (κ3) is 5.46. The lowest BCUT2D eigenvalue weighted by Crippen LogP contribution is -2.47. The number of hydrogen-bond acceptors (Lipinski definition) is 7. The maximum Gasteiger partial charge on any atom is 0.270 e. The zero-order valence-corrected chi connectivity index (χ0v) is 20.7. The van der Waals surface area contributed by atoms with Gasteiger partial charge in [-0.1, -0.05) is 13.3 Å². The Balaban J connectivity index is 1.30. The first-order valence-electron chi connectivity index (χ1n) is 12.4. The lowest BCUT2D eigenvalue weighted by Gasteiger charge is -2.32. The van der Waals surface area contributed by atoms with Crippen LogP contribution >= 0.6 is 0 Å². The summed E-state index contributed by atoms with van der Waals surface area (Å²) >= 11 is 0. The number of ether oxygens (including phenoxy) is 1. The number of H-pyrrole nitrogens is 1. The van der Waals surface area contributed by atoms with Gasteiger partial charge >= 0.3 is 0 Å². The molecule has 0 bridgehead atoms. The topological polar surface area (TPSA) is 99.3 Å². The van der Waals surface area contributed by atoms with Crippen LogP contribution in [-0.2, 0) is 0 Å². The van der Waals surface area contributed by atoms with Crippen molar-refractivity contribution in [3.8, 4) is 17.1 Å². The average molecular weight is 486 g/mol. The molecule has 2 N–H and O–H groups in total. The Bertz CT molecular complexity index is 1340. The molecule has 1 aliphatic rings. The van der Waals surface area contributed by atoms with Crippen LogP contribution < -0.4 is 10.1 Å². The number of nitrogens with zero attached hydrogens (tertiary/aromatic N) is 5. The summed E-state index contributed by atoms with van der Waals surface area (Å²) in [6.07, 6.45) is 5.53. The fourth-order valence-electron chi connectivity index (χ4n) is 4.17. The Morgan fingerprint density at radius 3 is 2.69 bits per heavy atom. The highest BCUT2D eigenvalue weighted by Crippen LogP contribution is 2.25. The predicted octanol–water partition coefficient (Wildman–Crippen LogP) is 4.33. The number of aromatic nitrogens is 4. The standard InChI is InChI=1S/C27H31N7O2/c1-3-4-15-36-21-7-9-28-24(18-21)23-8-10-29-27(32-23)30-20-5-6-22-19(16-20)17-25(31-22)26(35)34-13-11-33(2)12-14-34/h5-10,16-18,31H,3-4,11-15H2,1-2H3,(H,29,30,32). The third-order valence-electron chi connectivity index (χ3n) is 6.31. The maximum absolute atomic E-state index is 12.9. The number of pyridine rings is 1. The minimum atomic E-state index is 0.0400. The number of carbonyl (C=O) groups excluding carboxylic acids is 1. The summed E-state index contributed by atoms with van der Waals surface area (Å²) in [6, 6.07) is 13.4. The molecule has 9 nitrogen and oxygen atoms in total. The van der Waals surface area contributed by atoms with Crippen LogP contribution in [0.15, 0.2) is 54.9 Å². The molecule has 186 valence electrons. The van der Waals surface area contributed by atoms with E-state index in [1.54, 1.807) is 12.4 Å². The van der Waals surface area contributed by atoms with E-state index in [1.165, 1.54) is 0 Å². The van der Waals surface area contributed by atoms with Crippen molar-refractivity contribution < 1.29 is 9.53 Å². The molecular formula is C27H31N7O2. The number of benzene rings is 1. The van der Waals surface area contributed by atoms with Crippen molar-refractivity contribution in [1.29, 1.82) is 0 Å². The molecular weight excluding hydrogens is 454 g/mol. The molecule has 0 aliphatic carbocycles. The van der Waals surface area contributed by atoms with E-state index in [0.29, 0.717) is 23.9 Å². The molecule has 36 heavy (non-hydrogen) atoms. The van der Waals surface area contributed by atoms with E-state index in [2.05, 4.69) is 44.1 Å². The van der Waals surface area contributed by atoms with Gasteiger partial charge in [0.15, 0.2) is 0 Å². The largest absolute Gasteiger partial charge is 0.493 e. The number of piperazine rings is 1. The summed E-state index contributed by atoms with van der Waals surface area (Å²) < 4.78 is 5.81. The molecule has 1 saturated heterocycles. The van der Waals surface area contributed by atoms with Gasteiger partial charge in [-0.25, -0.2) is 9.97 Å². The van der Waals surface area contributed by atoms with Crippen LogP contribution in [0.3, 0.4) is 0 Å². The number of anilines is 2. The van der Waals surface area contributed by atoms with Crippen molar-refractivity contribution >= 4 is 28.4 Å². The zero-order chi connectivity index (χ0) is 24.9. The molecule has 1 amide bonds. The van der Waals surface area contributed by atoms with Gasteiger partial charge in [0.1, 0.15) is 11.4 Å². The minimum Gasteiger partial charge on any atom is -0.493 e. The number of amides is 1. The number of aromatic amines is 1. The molecule has 0 radical (unpaired) electrons. The molecule has 0 atom stereocenters. The van der Waals surface area contributed by atoms with Crippen molar-refractivity contribution in [3.05, 3.63) is 60.6 Å². The van der Waals surface area contributed by atoms with Gasteiger partial charge in [-0.15, -0.1) is 0 Å². The number of hydrogen-bond donors (Lipinski definition) is 2. The molecule has 1 fully saturated rings. The lowest BCUT2D eigenvalue weighted by molar-refractivity contribution is 0.0659. The first-order chi connectivity index (χ1) is 17.6. The second-order valence-corrected chi connectivity index (χ2v) is 9.05. The molecule has 9 heteroatoms. The van der Waals surface area contributed by atoms with E-state index < -0.39 is 0 Å². The zero-order valence-electron chi connectivity index (χ0n) is 20.7. The molecule has 0 unspecified atom stereocenters. The van der Waals surface area contributed by atoms with Crippen molar-refractivity contribution in [2.75, 3.05) is 45.2 Å². The van der Waals surface area contributed by atoms with Crippen LogP contribution in [0, 0.1) is 0 Å². The van der Waals surface area contributed by atoms with Crippen LogP contribution in [-0.4, -0.2) is 75.5 Å². The number of unbranched alkanes of at least 4 members (excludes halogenated alkanes) is 1. The smallest absolute Gasteiger partial charge is 0.270 e. The molecule has 0 saturated carbocycles. The van der Waals surface area contributed by atoms with Gasteiger partial charge in [0, 0.05) is 61.2 Å². The van der Waals surface area contributed by atoms with Gasteiger partial charge in [-0.2, -0.15) is 0 Å². The highest BCUT2D eigenvalue weighted by molar-refractivity contribution is 5.98. The summed E-state index contributed by atoms with van der Waals surface area (Å²) in [5, 5.41) is 4.22. The van der Waals surface area contributed by atoms with E-state index in [1.807, 2.05) is 47.4 Å². The molecule has 3 aromatic heterocycles. The molecule has 1 aliphatic heterocycles. The normalized spacial score (nSPS) is 14.2. The molecule has 0 spiro atoms. The Labute approximate surface area is 210 Å². The van der Waals surface area contributed by atoms with Crippen LogP contribution in [0.5, 0.6) is 5.75 Å². The van der Waals surface area contributed by atoms with Crippen LogP contribution in [0.25, 0.3) is 22.3 Å². The minimum absolute atomic E-state index is 0.0400. The van der Waals surface area contributed by atoms with Gasteiger partial charge in [-0.05, 0) is 49.9 Å². The summed E-state index contributed by atoms with van der Waals surface area (Å²) in [5.41, 5.74) is 3.79. The van der Waals surface area contributed by atoms with Crippen LogP contribution in [0.2, 0.25) is 0 Å². The highest BCUT2D eigenvalue weighted by Gasteiger charge is 2.21. The van der Waals surface area contributed by atoms with E-state index in [4.69, 9.17) is 4.74 Å². The van der Waals surface area contributed by atoms with E-state index in [-0.39, 0.29) is 5.91 Å². The number of carbonyl (C=O) groups is 1. The Kier molecular flexibility index (Phi) is 7.08. The Morgan fingerprint density at radius 1 is 1.03 bits per heavy atom. The lowest BCUT2D eigenvalue weighted by atomic mass is 10.2. The monoisotopic (exact) mass is 485 g/mol. The third-order valence-corrected chi connectivity index (χ3v) is 6.31. The van der Waals surface area contributed by atoms with Gasteiger partial charge in [0.05, 0.1) is 18.0 Å². The van der Waals surface area contributed by atoms with E-state index >= 15 is 0 Å². The predicted molar refractivity (Wildman–Crippen MR) is 141 cm³/mol. The van der Waals surface area contributed by atoms with Crippen LogP contribution in [0.4, 0.5) is 11.6 Å². The van der Waals surface area contributed by atoms with E-state index in [9.17, 15) is 4.79 Å². The van der Waals surface area contributed by atoms with Crippen molar-refractivity contribution in [3.63, 3.8) is 0 Å². The van der Waals surface area contributed by atoms with Gasteiger partial charge < -0.3 is 24.8 Å². The number of rotatable bonds is 8. The quantitative estimate of drug-likeness (QED) is 0.358. The molecule has 4 heterocycles. The SMILES string of the molecule is CCCCOc1ccnc(-c2ccnc(Nc3ccc4[nH]c(C(=O)N5CCN(C)CC5)cc4c3)n2)c1. The van der Waals surface area contributed by atoms with Gasteiger partial charge in [-0.3, -0.25) is 9.78 Å². The maximum atomic E-state index is 12.9. The van der Waals surface area contributed by atoms with Crippen LogP contribution in [0.1, 0.15) is 30.3 Å². The summed E-state index contributed by atoms with van der Waals surface area (Å²) in [4.78, 5) is 33.8. The van der Waals surface area contributed by atoms with Crippen molar-refractivity contribution in [2.24, 2.45) is 0 Å². The summed E-state index contributed by atoms with van der Waals surface area (Å²) in [7, 11) is 2.08. The van der Waals surface area contributed by atoms with Crippen molar-refractivity contribution in [2.45, 2.75) is 19.8 Å². The molecule has 5 rings (SSSR count). The van der Waals surface area contributed by atoms with Gasteiger partial charge in [0.2, 0.25) is 5.95 Å². The first kappa shape index (κ1) is 23.7. The summed E-state index contributed by atoms with van der Waals surface area (Å²) in [5.74, 6) is 1.29. The summed E-state index contributed by atoms with van der Waals surface area (Å²) in [6.45, 7) is 6.09. The number of likely N-dealkylation sites (N-methyl/N-ethyl adjacent to an activating group) is 1. The number of nitrogens with one attached hydrogen (secondary N) is 2. The van der Waals surface area contributed by atoms with Gasteiger partial charge in [0.25, 0.3) is 5.91 Å². The Morgan fingerprint density at radius 2 is 1.86 bits per heavy atom. The fraction of sp³-hybridized carbons (Fsp3) is 0.333. The van der Waals surface area contributed by atoms with Crippen molar-refractivity contribution in [1.82, 2.24) is 29.7 Å². The highest BCUT2D eigenvalue weighted by atomic mass is 16.5. The first-order valence-corrected chi connectivity index (χ1v) is 12.4. The second-order valence-electron chi connectivity index (χ2n) is 9.05. The molecule has 1 aromatic carbocycles. The second kappa shape index (κ2) is 10.7. The fourth-order valence-corrected chi connectivity index (χ4v) is 4.17.